The summed E-state index contributed by atoms with van der Waals surface area (Å²) in [6.07, 6.45) is 0.426. The number of rotatable bonds is 5. The van der Waals surface area contributed by atoms with E-state index in [2.05, 4.69) is 20.0 Å². The van der Waals surface area contributed by atoms with Crippen molar-refractivity contribution in [3.05, 3.63) is 39.6 Å². The van der Waals surface area contributed by atoms with Crippen LogP contribution in [-0.2, 0) is 23.5 Å². The van der Waals surface area contributed by atoms with Crippen molar-refractivity contribution in [3.63, 3.8) is 0 Å². The number of oxazole rings is 1. The van der Waals surface area contributed by atoms with Gasteiger partial charge < -0.3 is 4.42 Å². The van der Waals surface area contributed by atoms with E-state index < -0.39 is 15.8 Å². The molecule has 136 valence electrons. The van der Waals surface area contributed by atoms with Gasteiger partial charge in [0.15, 0.2) is 11.4 Å². The van der Waals surface area contributed by atoms with Crippen molar-refractivity contribution in [1.29, 1.82) is 0 Å². The molecule has 0 aliphatic rings. The Kier molecular flexibility index (Phi) is 3.89. The Bertz CT molecular complexity index is 1280. The van der Waals surface area contributed by atoms with E-state index in [9.17, 15) is 13.2 Å². The minimum absolute atomic E-state index is 0.0355. The Morgan fingerprint density at radius 1 is 1.31 bits per heavy atom. The molecule has 0 fully saturated rings. The van der Waals surface area contributed by atoms with E-state index in [-0.39, 0.29) is 17.0 Å². The SMILES string of the molecule is Cc1nnc2sc(CCNS(=O)(=O)c3ccc4c(c3)oc(=O)n4C)nn12. The average molecular weight is 394 g/mol. The second-order valence-corrected chi connectivity index (χ2v) is 8.45. The molecule has 0 aliphatic carbocycles. The maximum Gasteiger partial charge on any atom is 0.419 e. The molecule has 0 saturated carbocycles. The van der Waals surface area contributed by atoms with Gasteiger partial charge in [0.05, 0.1) is 10.4 Å². The molecule has 0 unspecified atom stereocenters. The van der Waals surface area contributed by atoms with Crippen LogP contribution in [0.5, 0.6) is 0 Å². The highest BCUT2D eigenvalue weighted by atomic mass is 32.2. The summed E-state index contributed by atoms with van der Waals surface area (Å²) >= 11 is 1.36. The first kappa shape index (κ1) is 16.9. The van der Waals surface area contributed by atoms with Crippen LogP contribution in [0.25, 0.3) is 16.1 Å². The van der Waals surface area contributed by atoms with Crippen LogP contribution in [0.15, 0.2) is 32.3 Å². The van der Waals surface area contributed by atoms with Gasteiger partial charge in [0.1, 0.15) is 5.01 Å². The van der Waals surface area contributed by atoms with Crippen molar-refractivity contribution in [2.24, 2.45) is 7.05 Å². The average Bonchev–Trinajstić information content (AvgIpc) is 3.23. The van der Waals surface area contributed by atoms with Gasteiger partial charge in [-0.3, -0.25) is 4.57 Å². The fourth-order valence-electron chi connectivity index (χ4n) is 2.51. The molecule has 0 spiro atoms. The minimum atomic E-state index is -3.73. The van der Waals surface area contributed by atoms with Gasteiger partial charge in [-0.1, -0.05) is 11.3 Å². The Balaban J connectivity index is 1.50. The number of nitrogens with zero attached hydrogens (tertiary/aromatic N) is 5. The lowest BCUT2D eigenvalue weighted by Crippen LogP contribution is -2.26. The number of hydrogen-bond donors (Lipinski definition) is 1. The minimum Gasteiger partial charge on any atom is -0.408 e. The van der Waals surface area contributed by atoms with Gasteiger partial charge in [0, 0.05) is 26.1 Å². The molecule has 12 heteroatoms. The van der Waals surface area contributed by atoms with Crippen molar-refractivity contribution in [2.45, 2.75) is 18.2 Å². The number of aryl methyl sites for hydroxylation is 2. The highest BCUT2D eigenvalue weighted by Crippen LogP contribution is 2.18. The summed E-state index contributed by atoms with van der Waals surface area (Å²) in [6.45, 7) is 1.98. The summed E-state index contributed by atoms with van der Waals surface area (Å²) in [6, 6.07) is 4.32. The molecule has 4 aromatic rings. The molecule has 3 heterocycles. The lowest BCUT2D eigenvalue weighted by atomic mass is 10.3. The zero-order valence-electron chi connectivity index (χ0n) is 13.8. The van der Waals surface area contributed by atoms with Gasteiger partial charge >= 0.3 is 5.76 Å². The second-order valence-electron chi connectivity index (χ2n) is 5.64. The van der Waals surface area contributed by atoms with Crippen LogP contribution in [0.4, 0.5) is 0 Å². The molecule has 1 N–H and O–H groups in total. The number of benzene rings is 1. The van der Waals surface area contributed by atoms with Gasteiger partial charge in [-0.2, -0.15) is 9.61 Å². The highest BCUT2D eigenvalue weighted by Gasteiger charge is 2.17. The van der Waals surface area contributed by atoms with Crippen LogP contribution in [0, 0.1) is 6.92 Å². The number of nitrogens with one attached hydrogen (secondary N) is 1. The molecule has 4 rings (SSSR count). The first-order valence-corrected chi connectivity index (χ1v) is 9.92. The lowest BCUT2D eigenvalue weighted by molar-refractivity contribution is 0.527. The van der Waals surface area contributed by atoms with Crippen LogP contribution in [-0.4, -0.2) is 39.3 Å². The normalized spacial score (nSPS) is 12.4. The Labute approximate surface area is 151 Å². The second kappa shape index (κ2) is 6.00. The molecule has 1 aromatic carbocycles. The summed E-state index contributed by atoms with van der Waals surface area (Å²) < 4.78 is 35.4. The van der Waals surface area contributed by atoms with Crippen LogP contribution in [0.1, 0.15) is 10.8 Å². The van der Waals surface area contributed by atoms with E-state index in [1.807, 2.05) is 0 Å². The summed E-state index contributed by atoms with van der Waals surface area (Å²) in [7, 11) is -2.17. The smallest absolute Gasteiger partial charge is 0.408 e. The largest absolute Gasteiger partial charge is 0.419 e. The van der Waals surface area contributed by atoms with E-state index in [1.165, 1.54) is 28.0 Å². The Morgan fingerprint density at radius 2 is 2.12 bits per heavy atom. The van der Waals surface area contributed by atoms with Crippen molar-refractivity contribution >= 4 is 37.4 Å². The van der Waals surface area contributed by atoms with Crippen LogP contribution in [0.3, 0.4) is 0 Å². The van der Waals surface area contributed by atoms with Crippen molar-refractivity contribution < 1.29 is 12.8 Å². The predicted molar refractivity (Wildman–Crippen MR) is 93.7 cm³/mol. The molecule has 10 nitrogen and oxygen atoms in total. The van der Waals surface area contributed by atoms with E-state index in [4.69, 9.17) is 4.42 Å². The zero-order chi connectivity index (χ0) is 18.5. The van der Waals surface area contributed by atoms with Crippen molar-refractivity contribution in [1.82, 2.24) is 29.1 Å². The van der Waals surface area contributed by atoms with E-state index in [0.29, 0.717) is 22.7 Å². The molecular formula is C14H14N6O4S2. The molecule has 0 amide bonds. The maximum atomic E-state index is 12.5. The molecule has 0 atom stereocenters. The van der Waals surface area contributed by atoms with E-state index in [0.717, 1.165) is 5.01 Å². The molecule has 26 heavy (non-hydrogen) atoms. The Hall–Kier alpha value is -2.57. The van der Waals surface area contributed by atoms with Crippen molar-refractivity contribution in [2.75, 3.05) is 6.54 Å². The fraction of sp³-hybridized carbons (Fsp3) is 0.286. The van der Waals surface area contributed by atoms with Gasteiger partial charge in [0.25, 0.3) is 0 Å². The maximum absolute atomic E-state index is 12.5. The van der Waals surface area contributed by atoms with E-state index >= 15 is 0 Å². The monoisotopic (exact) mass is 394 g/mol. The molecular weight excluding hydrogens is 380 g/mol. The summed E-state index contributed by atoms with van der Waals surface area (Å²) in [4.78, 5) is 12.2. The van der Waals surface area contributed by atoms with Crippen LogP contribution < -0.4 is 10.5 Å². The predicted octanol–water partition coefficient (Wildman–Crippen LogP) is 0.460. The quantitative estimate of drug-likeness (QED) is 0.521. The number of hydrogen-bond acceptors (Lipinski definition) is 8. The van der Waals surface area contributed by atoms with E-state index in [1.54, 1.807) is 24.6 Å². The Morgan fingerprint density at radius 3 is 2.88 bits per heavy atom. The summed E-state index contributed by atoms with van der Waals surface area (Å²) in [5, 5.41) is 13.0. The number of aromatic nitrogens is 5. The van der Waals surface area contributed by atoms with Gasteiger partial charge in [-0.25, -0.2) is 17.9 Å². The van der Waals surface area contributed by atoms with Crippen LogP contribution in [0.2, 0.25) is 0 Å². The first-order chi connectivity index (χ1) is 12.3. The highest BCUT2D eigenvalue weighted by molar-refractivity contribution is 7.89. The number of fused-ring (bicyclic) bond motifs is 2. The summed E-state index contributed by atoms with van der Waals surface area (Å²) in [5.74, 6) is 0.141. The van der Waals surface area contributed by atoms with Crippen molar-refractivity contribution in [3.8, 4) is 0 Å². The molecule has 0 aliphatic heterocycles. The molecule has 0 bridgehead atoms. The molecule has 0 radical (unpaired) electrons. The molecule has 0 saturated heterocycles. The molecule has 3 aromatic heterocycles. The summed E-state index contributed by atoms with van der Waals surface area (Å²) in [5.41, 5.74) is 0.758. The first-order valence-electron chi connectivity index (χ1n) is 7.62. The topological polar surface area (TPSA) is 124 Å². The number of sulfonamides is 1. The fourth-order valence-corrected chi connectivity index (χ4v) is 4.44. The van der Waals surface area contributed by atoms with Crippen LogP contribution >= 0.6 is 11.3 Å². The standard InChI is InChI=1S/C14H14N6O4S2/c1-8-16-17-13-20(8)18-12(25-13)5-6-15-26(22,23)9-3-4-10-11(7-9)24-14(21)19(10)2/h3-4,7,15H,5-6H2,1-2H3. The van der Waals surface area contributed by atoms with Gasteiger partial charge in [-0.15, -0.1) is 10.2 Å². The van der Waals surface area contributed by atoms with Gasteiger partial charge in [0.2, 0.25) is 15.0 Å². The third-order valence-electron chi connectivity index (χ3n) is 3.89. The zero-order valence-corrected chi connectivity index (χ0v) is 15.5. The van der Waals surface area contributed by atoms with Gasteiger partial charge in [-0.05, 0) is 19.1 Å². The third kappa shape index (κ3) is 2.81. The lowest BCUT2D eigenvalue weighted by Gasteiger charge is -2.05. The third-order valence-corrected chi connectivity index (χ3v) is 6.31.